The molecule has 2 heterocycles. The Hall–Kier alpha value is -3.51. The van der Waals surface area contributed by atoms with Crippen LogP contribution in [0.1, 0.15) is 17.2 Å². The number of carbonyl (C=O) groups excluding carboxylic acids is 2. The molecule has 2 aromatic carbocycles. The number of rotatable bonds is 3. The molecule has 0 unspecified atom stereocenters. The van der Waals surface area contributed by atoms with Crippen molar-refractivity contribution in [3.8, 4) is 0 Å². The Morgan fingerprint density at radius 1 is 0.929 bits per heavy atom. The van der Waals surface area contributed by atoms with Crippen molar-refractivity contribution in [3.05, 3.63) is 94.8 Å². The molecule has 1 aromatic heterocycles. The Morgan fingerprint density at radius 2 is 1.57 bits per heavy atom. The van der Waals surface area contributed by atoms with E-state index in [0.29, 0.717) is 16.1 Å². The quantitative estimate of drug-likeness (QED) is 0.417. The molecule has 0 aliphatic carbocycles. The third-order valence-corrected chi connectivity index (χ3v) is 4.70. The number of aliphatic hydroxyl groups is 1. The standard InChI is InChI=1S/C21H14ClN3O3/c22-15-9-7-13(8-10-15)17-16(18(26)14-5-2-1-3-6-14)19(27)20(28)25(17)21-23-11-4-12-24-21/h1-12,17,26H/b18-16+/t17-/m1/s1. The fourth-order valence-electron chi connectivity index (χ4n) is 3.17. The summed E-state index contributed by atoms with van der Waals surface area (Å²) in [6.07, 6.45) is 2.97. The lowest BCUT2D eigenvalue weighted by atomic mass is 9.95. The molecule has 1 N–H and O–H groups in total. The van der Waals surface area contributed by atoms with Crippen molar-refractivity contribution in [3.63, 3.8) is 0 Å². The summed E-state index contributed by atoms with van der Waals surface area (Å²) in [4.78, 5) is 35.1. The highest BCUT2D eigenvalue weighted by molar-refractivity contribution is 6.51. The van der Waals surface area contributed by atoms with Crippen molar-refractivity contribution in [2.75, 3.05) is 4.90 Å². The van der Waals surface area contributed by atoms with Crippen LogP contribution in [0.25, 0.3) is 5.76 Å². The molecule has 1 fully saturated rings. The molecule has 6 nitrogen and oxygen atoms in total. The predicted octanol–water partition coefficient (Wildman–Crippen LogP) is 3.76. The highest BCUT2D eigenvalue weighted by Gasteiger charge is 2.48. The van der Waals surface area contributed by atoms with Crippen molar-refractivity contribution in [1.29, 1.82) is 0 Å². The molecule has 0 radical (unpaired) electrons. The van der Waals surface area contributed by atoms with Gasteiger partial charge in [-0.25, -0.2) is 9.97 Å². The summed E-state index contributed by atoms with van der Waals surface area (Å²) in [5.41, 5.74) is 1.02. The number of ketones is 1. The predicted molar refractivity (Wildman–Crippen MR) is 105 cm³/mol. The Labute approximate surface area is 165 Å². The molecule has 1 amide bonds. The van der Waals surface area contributed by atoms with E-state index in [1.165, 1.54) is 17.3 Å². The number of benzene rings is 2. The zero-order valence-electron chi connectivity index (χ0n) is 14.5. The highest BCUT2D eigenvalue weighted by Crippen LogP contribution is 2.41. The van der Waals surface area contributed by atoms with Gasteiger partial charge in [-0.2, -0.15) is 0 Å². The van der Waals surface area contributed by atoms with Gasteiger partial charge in [0.2, 0.25) is 5.95 Å². The smallest absolute Gasteiger partial charge is 0.302 e. The van der Waals surface area contributed by atoms with E-state index in [1.807, 2.05) is 0 Å². The van der Waals surface area contributed by atoms with Gasteiger partial charge in [0.1, 0.15) is 5.76 Å². The summed E-state index contributed by atoms with van der Waals surface area (Å²) in [5.74, 6) is -1.77. The van der Waals surface area contributed by atoms with Crippen LogP contribution in [0.5, 0.6) is 0 Å². The Kier molecular flexibility index (Phi) is 4.63. The van der Waals surface area contributed by atoms with Gasteiger partial charge in [-0.15, -0.1) is 0 Å². The largest absolute Gasteiger partial charge is 0.507 e. The molecule has 1 atom stereocenters. The average Bonchev–Trinajstić information content (AvgIpc) is 3.00. The maximum atomic E-state index is 12.9. The number of halogens is 1. The minimum Gasteiger partial charge on any atom is -0.507 e. The first-order valence-electron chi connectivity index (χ1n) is 8.47. The molecule has 7 heteroatoms. The van der Waals surface area contributed by atoms with Crippen LogP contribution < -0.4 is 4.90 Å². The van der Waals surface area contributed by atoms with Gasteiger partial charge in [0, 0.05) is 23.0 Å². The fourth-order valence-corrected chi connectivity index (χ4v) is 3.29. The lowest BCUT2D eigenvalue weighted by Gasteiger charge is -2.23. The van der Waals surface area contributed by atoms with Gasteiger partial charge in [-0.3, -0.25) is 14.5 Å². The van der Waals surface area contributed by atoms with Crippen molar-refractivity contribution in [2.45, 2.75) is 6.04 Å². The molecular formula is C21H14ClN3O3. The number of aliphatic hydroxyl groups excluding tert-OH is 1. The van der Waals surface area contributed by atoms with Crippen LogP contribution in [-0.2, 0) is 9.59 Å². The normalized spacial score (nSPS) is 18.5. The van der Waals surface area contributed by atoms with Gasteiger partial charge >= 0.3 is 5.91 Å². The minimum atomic E-state index is -0.875. The molecule has 138 valence electrons. The molecule has 0 saturated carbocycles. The van der Waals surface area contributed by atoms with Crippen LogP contribution in [0.3, 0.4) is 0 Å². The molecule has 0 spiro atoms. The van der Waals surface area contributed by atoms with Gasteiger partial charge < -0.3 is 5.11 Å². The van der Waals surface area contributed by atoms with E-state index < -0.39 is 17.7 Å². The van der Waals surface area contributed by atoms with Crippen LogP contribution in [0.15, 0.2) is 78.6 Å². The first kappa shape index (κ1) is 17.9. The summed E-state index contributed by atoms with van der Waals surface area (Å²) >= 11 is 5.99. The molecule has 1 saturated heterocycles. The molecule has 0 bridgehead atoms. The third-order valence-electron chi connectivity index (χ3n) is 4.45. The lowest BCUT2D eigenvalue weighted by molar-refractivity contribution is -0.132. The minimum absolute atomic E-state index is 0.0222. The van der Waals surface area contributed by atoms with E-state index in [9.17, 15) is 14.7 Å². The topological polar surface area (TPSA) is 83.4 Å². The Bertz CT molecular complexity index is 1070. The van der Waals surface area contributed by atoms with Crippen LogP contribution in [0.2, 0.25) is 5.02 Å². The van der Waals surface area contributed by atoms with Crippen LogP contribution in [0, 0.1) is 0 Å². The number of amides is 1. The van der Waals surface area contributed by atoms with Crippen molar-refractivity contribution in [2.24, 2.45) is 0 Å². The summed E-state index contributed by atoms with van der Waals surface area (Å²) < 4.78 is 0. The van der Waals surface area contributed by atoms with Crippen LogP contribution >= 0.6 is 11.6 Å². The molecule has 1 aliphatic rings. The zero-order valence-corrected chi connectivity index (χ0v) is 15.2. The molecular weight excluding hydrogens is 378 g/mol. The second-order valence-corrected chi connectivity index (χ2v) is 6.57. The van der Waals surface area contributed by atoms with Crippen LogP contribution in [0.4, 0.5) is 5.95 Å². The third kappa shape index (κ3) is 3.04. The number of carbonyl (C=O) groups is 2. The first-order chi connectivity index (χ1) is 13.6. The lowest BCUT2D eigenvalue weighted by Crippen LogP contribution is -2.31. The number of anilines is 1. The molecule has 4 rings (SSSR count). The van der Waals surface area contributed by atoms with E-state index in [4.69, 9.17) is 11.6 Å². The van der Waals surface area contributed by atoms with E-state index in [0.717, 1.165) is 0 Å². The maximum Gasteiger partial charge on any atom is 0.302 e. The SMILES string of the molecule is O=C1C(=O)N(c2ncccn2)[C@H](c2ccc(Cl)cc2)/C1=C(\O)c1ccccc1. The first-order valence-corrected chi connectivity index (χ1v) is 8.84. The van der Waals surface area contributed by atoms with Crippen molar-refractivity contribution >= 4 is 35.0 Å². The van der Waals surface area contributed by atoms with E-state index >= 15 is 0 Å². The molecule has 28 heavy (non-hydrogen) atoms. The Balaban J connectivity index is 1.95. The zero-order chi connectivity index (χ0) is 19.7. The number of nitrogens with zero attached hydrogens (tertiary/aromatic N) is 3. The fraction of sp³-hybridized carbons (Fsp3) is 0.0476. The van der Waals surface area contributed by atoms with Crippen molar-refractivity contribution < 1.29 is 14.7 Å². The second kappa shape index (κ2) is 7.25. The van der Waals surface area contributed by atoms with Gasteiger partial charge in [0.05, 0.1) is 11.6 Å². The molecule has 3 aromatic rings. The van der Waals surface area contributed by atoms with E-state index in [1.54, 1.807) is 60.7 Å². The summed E-state index contributed by atoms with van der Waals surface area (Å²) in [6.45, 7) is 0. The molecule has 1 aliphatic heterocycles. The van der Waals surface area contributed by atoms with Gasteiger partial charge in [-0.05, 0) is 23.8 Å². The van der Waals surface area contributed by atoms with Gasteiger partial charge in [-0.1, -0.05) is 54.1 Å². The highest BCUT2D eigenvalue weighted by atomic mass is 35.5. The number of hydrogen-bond donors (Lipinski definition) is 1. The summed E-state index contributed by atoms with van der Waals surface area (Å²) in [5, 5.41) is 11.4. The number of hydrogen-bond acceptors (Lipinski definition) is 5. The maximum absolute atomic E-state index is 12.9. The van der Waals surface area contributed by atoms with E-state index in [-0.39, 0.29) is 17.3 Å². The number of aromatic nitrogens is 2. The summed E-state index contributed by atoms with van der Waals surface area (Å²) in [7, 11) is 0. The van der Waals surface area contributed by atoms with Gasteiger partial charge in [0.25, 0.3) is 5.78 Å². The summed E-state index contributed by atoms with van der Waals surface area (Å²) in [6, 6.07) is 16.1. The monoisotopic (exact) mass is 391 g/mol. The Morgan fingerprint density at radius 3 is 2.21 bits per heavy atom. The van der Waals surface area contributed by atoms with Gasteiger partial charge in [0.15, 0.2) is 0 Å². The number of Topliss-reactive ketones (excluding diaryl/α,β-unsaturated/α-hetero) is 1. The van der Waals surface area contributed by atoms with E-state index in [2.05, 4.69) is 9.97 Å². The van der Waals surface area contributed by atoms with Crippen molar-refractivity contribution in [1.82, 2.24) is 9.97 Å². The average molecular weight is 392 g/mol. The van der Waals surface area contributed by atoms with Crippen LogP contribution in [-0.4, -0.2) is 26.8 Å². The second-order valence-electron chi connectivity index (χ2n) is 6.14.